The first-order valence-electron chi connectivity index (χ1n) is 14.9. The minimum Gasteiger partial charge on any atom is -0.465 e. The Labute approximate surface area is 224 Å². The molecule has 0 aromatic rings. The Hall–Kier alpha value is -1.43. The van der Waals surface area contributed by atoms with Crippen LogP contribution in [0, 0.1) is 34.5 Å². The Morgan fingerprint density at radius 2 is 1.81 bits per heavy atom. The van der Waals surface area contributed by atoms with E-state index in [0.717, 1.165) is 24.8 Å². The van der Waals surface area contributed by atoms with Gasteiger partial charge in [0.05, 0.1) is 30.3 Å². The van der Waals surface area contributed by atoms with Gasteiger partial charge in [-0.1, -0.05) is 69.6 Å². The number of allylic oxidation sites excluding steroid dienone is 4. The lowest BCUT2D eigenvalue weighted by Gasteiger charge is -2.44. The SMILES string of the molecule is CCCCOC(=O)C1([C@H](O)/C=C/[C@H](C)[C@H]2CC[C@H]3/C(=C/C=C4C[C@@H](O)C(C)[C@H](O)C4)CCC[C@]23C)CC1. The van der Waals surface area contributed by atoms with Gasteiger partial charge in [-0.25, -0.2) is 0 Å². The first-order chi connectivity index (χ1) is 17.6. The van der Waals surface area contributed by atoms with Crippen LogP contribution in [0.25, 0.3) is 0 Å². The van der Waals surface area contributed by atoms with Crippen LogP contribution in [0.3, 0.4) is 0 Å². The number of hydrogen-bond acceptors (Lipinski definition) is 5. The molecule has 0 aromatic carbocycles. The van der Waals surface area contributed by atoms with Gasteiger partial charge in [0.2, 0.25) is 0 Å². The van der Waals surface area contributed by atoms with Crippen molar-refractivity contribution in [1.82, 2.24) is 0 Å². The van der Waals surface area contributed by atoms with E-state index < -0.39 is 23.7 Å². The second kappa shape index (κ2) is 11.8. The van der Waals surface area contributed by atoms with Gasteiger partial charge in [0, 0.05) is 5.92 Å². The number of unbranched alkanes of at least 4 members (excludes halogenated alkanes) is 1. The Morgan fingerprint density at radius 1 is 1.11 bits per heavy atom. The van der Waals surface area contributed by atoms with Gasteiger partial charge in [-0.2, -0.15) is 0 Å². The topological polar surface area (TPSA) is 87.0 Å². The molecule has 37 heavy (non-hydrogen) atoms. The van der Waals surface area contributed by atoms with E-state index in [2.05, 4.69) is 39.0 Å². The highest BCUT2D eigenvalue weighted by atomic mass is 16.5. The highest BCUT2D eigenvalue weighted by molar-refractivity contribution is 5.81. The third-order valence-electron chi connectivity index (χ3n) is 10.5. The van der Waals surface area contributed by atoms with Gasteiger partial charge in [0.25, 0.3) is 0 Å². The van der Waals surface area contributed by atoms with Gasteiger partial charge in [0.15, 0.2) is 0 Å². The number of aliphatic hydroxyl groups excluding tert-OH is 3. The number of hydrogen-bond donors (Lipinski definition) is 3. The highest BCUT2D eigenvalue weighted by Crippen LogP contribution is 2.59. The lowest BCUT2D eigenvalue weighted by Crippen LogP contribution is -2.36. The summed E-state index contributed by atoms with van der Waals surface area (Å²) in [4.78, 5) is 12.6. The smallest absolute Gasteiger partial charge is 0.315 e. The molecular weight excluding hydrogens is 464 g/mol. The fraction of sp³-hybridized carbons (Fsp3) is 0.781. The van der Waals surface area contributed by atoms with E-state index in [9.17, 15) is 20.1 Å². The minimum absolute atomic E-state index is 0.0621. The summed E-state index contributed by atoms with van der Waals surface area (Å²) in [5, 5.41) is 31.5. The molecule has 0 unspecified atom stereocenters. The monoisotopic (exact) mass is 514 g/mol. The largest absolute Gasteiger partial charge is 0.465 e. The molecule has 0 spiro atoms. The van der Waals surface area contributed by atoms with Crippen molar-refractivity contribution in [2.45, 2.75) is 117 Å². The van der Waals surface area contributed by atoms with E-state index in [1.165, 1.54) is 31.3 Å². The van der Waals surface area contributed by atoms with Gasteiger partial charge < -0.3 is 20.1 Å². The summed E-state index contributed by atoms with van der Waals surface area (Å²) < 4.78 is 5.45. The highest BCUT2D eigenvalue weighted by Gasteiger charge is 2.56. The van der Waals surface area contributed by atoms with Crippen molar-refractivity contribution < 1.29 is 24.9 Å². The van der Waals surface area contributed by atoms with Crippen molar-refractivity contribution in [2.24, 2.45) is 34.5 Å². The summed E-state index contributed by atoms with van der Waals surface area (Å²) in [7, 11) is 0. The summed E-state index contributed by atoms with van der Waals surface area (Å²) >= 11 is 0. The molecule has 0 aromatic heterocycles. The summed E-state index contributed by atoms with van der Waals surface area (Å²) in [6.45, 7) is 9.17. The predicted octanol–water partition coefficient (Wildman–Crippen LogP) is 5.88. The van der Waals surface area contributed by atoms with Gasteiger partial charge in [-0.05, 0) is 87.4 Å². The van der Waals surface area contributed by atoms with Gasteiger partial charge in [0.1, 0.15) is 0 Å². The van der Waals surface area contributed by atoms with Crippen molar-refractivity contribution in [3.63, 3.8) is 0 Å². The quantitative estimate of drug-likeness (QED) is 0.203. The fourth-order valence-electron chi connectivity index (χ4n) is 7.56. The first kappa shape index (κ1) is 28.6. The standard InChI is InChI=1S/C32H50O5/c1-5-6-18-37-30(36)32(16-17-32)29(35)14-9-21(2)25-12-13-26-24(8-7-15-31(25,26)4)11-10-23-19-27(33)22(3)28(34)20-23/h9-11,14,21-22,25-29,33-35H,5-8,12-13,15-20H2,1-4H3/b14-9+,23-10?,24-11+/t21-,22?,25+,26-,27+,28+,29+,31+/m0/s1. The zero-order valence-corrected chi connectivity index (χ0v) is 23.5. The molecule has 7 atom stereocenters. The molecule has 0 saturated heterocycles. The Morgan fingerprint density at radius 3 is 2.46 bits per heavy atom. The summed E-state index contributed by atoms with van der Waals surface area (Å²) in [6.07, 6.45) is 17.3. The molecule has 5 nitrogen and oxygen atoms in total. The number of rotatable bonds is 9. The average Bonchev–Trinajstić information content (AvgIpc) is 3.60. The second-order valence-electron chi connectivity index (χ2n) is 12.9. The van der Waals surface area contributed by atoms with Crippen LogP contribution in [-0.2, 0) is 9.53 Å². The Bertz CT molecular complexity index is 885. The molecule has 4 saturated carbocycles. The third-order valence-corrected chi connectivity index (χ3v) is 10.5. The van der Waals surface area contributed by atoms with Crippen molar-refractivity contribution in [3.8, 4) is 0 Å². The number of carbonyl (C=O) groups is 1. The molecule has 3 N–H and O–H groups in total. The molecule has 208 valence electrons. The lowest BCUT2D eigenvalue weighted by molar-refractivity contribution is -0.153. The lowest BCUT2D eigenvalue weighted by atomic mass is 9.61. The van der Waals surface area contributed by atoms with E-state index >= 15 is 0 Å². The average molecular weight is 515 g/mol. The molecule has 0 radical (unpaired) electrons. The molecule has 0 amide bonds. The molecular formula is C32H50O5. The molecule has 4 aliphatic carbocycles. The summed E-state index contributed by atoms with van der Waals surface area (Å²) in [5.41, 5.74) is 2.18. The van der Waals surface area contributed by atoms with E-state index in [0.29, 0.717) is 50.0 Å². The van der Waals surface area contributed by atoms with Crippen LogP contribution in [0.5, 0.6) is 0 Å². The van der Waals surface area contributed by atoms with Crippen LogP contribution in [0.1, 0.15) is 98.3 Å². The summed E-state index contributed by atoms with van der Waals surface area (Å²) in [5.74, 6) is 1.14. The molecule has 0 aliphatic heterocycles. The fourth-order valence-corrected chi connectivity index (χ4v) is 7.56. The molecule has 4 aliphatic rings. The van der Waals surface area contributed by atoms with Crippen molar-refractivity contribution in [3.05, 3.63) is 35.5 Å². The van der Waals surface area contributed by atoms with Crippen molar-refractivity contribution >= 4 is 5.97 Å². The number of carbonyl (C=O) groups excluding carboxylic acids is 1. The van der Waals surface area contributed by atoms with E-state index in [1.807, 2.05) is 13.0 Å². The third kappa shape index (κ3) is 5.94. The van der Waals surface area contributed by atoms with Gasteiger partial charge in [-0.3, -0.25) is 4.79 Å². The van der Waals surface area contributed by atoms with E-state index in [4.69, 9.17) is 4.74 Å². The van der Waals surface area contributed by atoms with Crippen LogP contribution in [-0.4, -0.2) is 46.2 Å². The predicted molar refractivity (Wildman–Crippen MR) is 147 cm³/mol. The number of ether oxygens (including phenoxy) is 1. The first-order valence-corrected chi connectivity index (χ1v) is 14.9. The van der Waals surface area contributed by atoms with Gasteiger partial charge in [-0.15, -0.1) is 0 Å². The zero-order chi connectivity index (χ0) is 26.8. The van der Waals surface area contributed by atoms with Crippen LogP contribution in [0.2, 0.25) is 0 Å². The van der Waals surface area contributed by atoms with Crippen LogP contribution >= 0.6 is 0 Å². The maximum atomic E-state index is 12.6. The Kier molecular flexibility index (Phi) is 9.08. The normalized spacial score (nSPS) is 37.9. The molecule has 0 heterocycles. The molecule has 4 rings (SSSR count). The Balaban J connectivity index is 1.40. The van der Waals surface area contributed by atoms with Crippen LogP contribution < -0.4 is 0 Å². The van der Waals surface area contributed by atoms with Crippen molar-refractivity contribution in [2.75, 3.05) is 6.61 Å². The molecule has 5 heteroatoms. The number of fused-ring (bicyclic) bond motifs is 1. The van der Waals surface area contributed by atoms with E-state index in [-0.39, 0.29) is 17.3 Å². The van der Waals surface area contributed by atoms with Crippen LogP contribution in [0.15, 0.2) is 35.5 Å². The second-order valence-corrected chi connectivity index (χ2v) is 12.9. The zero-order valence-electron chi connectivity index (χ0n) is 23.5. The molecule has 4 fully saturated rings. The maximum absolute atomic E-state index is 12.6. The van der Waals surface area contributed by atoms with E-state index in [1.54, 1.807) is 0 Å². The minimum atomic E-state index is -0.772. The molecule has 0 bridgehead atoms. The maximum Gasteiger partial charge on any atom is 0.315 e. The number of esters is 1. The van der Waals surface area contributed by atoms with Gasteiger partial charge >= 0.3 is 5.97 Å². The van der Waals surface area contributed by atoms with Crippen molar-refractivity contribution in [1.29, 1.82) is 0 Å². The summed E-state index contributed by atoms with van der Waals surface area (Å²) in [6, 6.07) is 0. The number of aliphatic hydroxyl groups is 3. The van der Waals surface area contributed by atoms with Crippen LogP contribution in [0.4, 0.5) is 0 Å².